The summed E-state index contributed by atoms with van der Waals surface area (Å²) in [6, 6.07) is 1.97. The van der Waals surface area contributed by atoms with Gasteiger partial charge in [0.1, 0.15) is 12.1 Å². The highest BCUT2D eigenvalue weighted by molar-refractivity contribution is 5.46. The molecule has 2 aromatic heterocycles. The number of hydrogen-bond acceptors (Lipinski definition) is 5. The lowest BCUT2D eigenvalue weighted by molar-refractivity contribution is 0.405. The van der Waals surface area contributed by atoms with Gasteiger partial charge in [-0.05, 0) is 26.2 Å². The predicted molar refractivity (Wildman–Crippen MR) is 76.1 cm³/mol. The zero-order chi connectivity index (χ0) is 14.0. The van der Waals surface area contributed by atoms with Gasteiger partial charge in [0, 0.05) is 23.8 Å². The fourth-order valence-electron chi connectivity index (χ4n) is 2.42. The molecule has 6 nitrogen and oxygen atoms in total. The predicted octanol–water partition coefficient (Wildman–Crippen LogP) is 1.61. The number of fused-ring (bicyclic) bond motifs is 1. The van der Waals surface area contributed by atoms with Crippen molar-refractivity contribution in [1.29, 1.82) is 0 Å². The van der Waals surface area contributed by atoms with Crippen molar-refractivity contribution in [2.45, 2.75) is 39.7 Å². The van der Waals surface area contributed by atoms with Crippen LogP contribution in [0.5, 0.6) is 0 Å². The molecule has 0 aromatic carbocycles. The minimum atomic E-state index is -0.166. The van der Waals surface area contributed by atoms with Gasteiger partial charge >= 0.3 is 0 Å². The summed E-state index contributed by atoms with van der Waals surface area (Å²) in [4.78, 5) is 8.46. The maximum atomic E-state index is 5.94. The normalized spacial score (nSPS) is 14.8. The van der Waals surface area contributed by atoms with E-state index in [0.29, 0.717) is 18.2 Å². The molecule has 19 heavy (non-hydrogen) atoms. The van der Waals surface area contributed by atoms with Crippen LogP contribution >= 0.6 is 0 Å². The van der Waals surface area contributed by atoms with Gasteiger partial charge in [0.2, 0.25) is 0 Å². The largest absolute Gasteiger partial charge is 0.363 e. The highest BCUT2D eigenvalue weighted by atomic mass is 15.4. The molecule has 3 N–H and O–H groups in total. The number of nitrogens with two attached hydrogens (primary N) is 1. The number of hydrogen-bond donors (Lipinski definition) is 2. The number of anilines is 1. The summed E-state index contributed by atoms with van der Waals surface area (Å²) in [5.74, 6) is 2.05. The van der Waals surface area contributed by atoms with Crippen molar-refractivity contribution in [3.63, 3.8) is 0 Å². The third-order valence-corrected chi connectivity index (χ3v) is 3.12. The van der Waals surface area contributed by atoms with Gasteiger partial charge in [0.15, 0.2) is 0 Å². The van der Waals surface area contributed by atoms with E-state index in [-0.39, 0.29) is 5.54 Å². The number of rotatable bonds is 5. The van der Waals surface area contributed by atoms with Crippen molar-refractivity contribution < 1.29 is 0 Å². The summed E-state index contributed by atoms with van der Waals surface area (Å²) in [5.41, 5.74) is 6.68. The molecule has 0 amide bonds. The Bertz CT molecular complexity index is 561. The van der Waals surface area contributed by atoms with E-state index in [1.807, 2.05) is 13.0 Å². The van der Waals surface area contributed by atoms with Gasteiger partial charge in [-0.25, -0.2) is 4.98 Å². The average Bonchev–Trinajstić information content (AvgIpc) is 2.75. The second-order valence-corrected chi connectivity index (χ2v) is 5.74. The van der Waals surface area contributed by atoms with E-state index in [1.54, 1.807) is 4.52 Å². The molecule has 2 heterocycles. The van der Waals surface area contributed by atoms with Crippen LogP contribution in [0.3, 0.4) is 0 Å². The molecule has 0 aliphatic heterocycles. The second-order valence-electron chi connectivity index (χ2n) is 5.74. The first-order valence-electron chi connectivity index (χ1n) is 6.59. The minimum absolute atomic E-state index is 0.166. The maximum Gasteiger partial charge on any atom is 0.254 e. The molecule has 0 saturated carbocycles. The molecule has 0 aliphatic carbocycles. The first-order valence-corrected chi connectivity index (χ1v) is 6.59. The highest BCUT2D eigenvalue weighted by Gasteiger charge is 2.24. The van der Waals surface area contributed by atoms with Crippen LogP contribution in [0.15, 0.2) is 12.4 Å². The van der Waals surface area contributed by atoms with E-state index in [2.05, 4.69) is 41.2 Å². The number of nitrogens with zero attached hydrogens (tertiary/aromatic N) is 4. The molecule has 0 fully saturated rings. The van der Waals surface area contributed by atoms with Crippen molar-refractivity contribution >= 4 is 11.6 Å². The molecule has 2 aromatic rings. The lowest BCUT2D eigenvalue weighted by Gasteiger charge is -2.32. The van der Waals surface area contributed by atoms with Crippen LogP contribution < -0.4 is 11.1 Å². The summed E-state index contributed by atoms with van der Waals surface area (Å²) < 4.78 is 1.71. The summed E-state index contributed by atoms with van der Waals surface area (Å²) in [7, 11) is 0. The van der Waals surface area contributed by atoms with Crippen molar-refractivity contribution in [2.24, 2.45) is 11.7 Å². The van der Waals surface area contributed by atoms with Gasteiger partial charge in [-0.1, -0.05) is 13.8 Å². The van der Waals surface area contributed by atoms with Crippen LogP contribution in [-0.4, -0.2) is 31.7 Å². The molecule has 2 rings (SSSR count). The van der Waals surface area contributed by atoms with E-state index >= 15 is 0 Å². The quantitative estimate of drug-likeness (QED) is 0.855. The van der Waals surface area contributed by atoms with Crippen molar-refractivity contribution in [1.82, 2.24) is 19.6 Å². The van der Waals surface area contributed by atoms with Gasteiger partial charge in [-0.2, -0.15) is 14.6 Å². The Labute approximate surface area is 113 Å². The third-order valence-electron chi connectivity index (χ3n) is 3.12. The average molecular weight is 262 g/mol. The summed E-state index contributed by atoms with van der Waals surface area (Å²) >= 11 is 0. The molecule has 1 atom stereocenters. The van der Waals surface area contributed by atoms with Gasteiger partial charge < -0.3 is 11.1 Å². The smallest absolute Gasteiger partial charge is 0.254 e. The molecule has 0 radical (unpaired) electrons. The maximum absolute atomic E-state index is 5.94. The lowest BCUT2D eigenvalue weighted by atomic mass is 9.91. The lowest BCUT2D eigenvalue weighted by Crippen LogP contribution is -2.44. The van der Waals surface area contributed by atoms with E-state index in [0.717, 1.165) is 17.9 Å². The van der Waals surface area contributed by atoms with Crippen molar-refractivity contribution in [3.8, 4) is 0 Å². The highest BCUT2D eigenvalue weighted by Crippen LogP contribution is 2.22. The Hall–Kier alpha value is -1.69. The summed E-state index contributed by atoms with van der Waals surface area (Å²) in [5, 5.41) is 7.70. The van der Waals surface area contributed by atoms with Gasteiger partial charge in [0.25, 0.3) is 5.78 Å². The van der Waals surface area contributed by atoms with Crippen LogP contribution in [0.2, 0.25) is 0 Å². The Morgan fingerprint density at radius 2 is 2.21 bits per heavy atom. The second kappa shape index (κ2) is 5.13. The van der Waals surface area contributed by atoms with Gasteiger partial charge in [-0.15, -0.1) is 0 Å². The van der Waals surface area contributed by atoms with Crippen LogP contribution in [0.25, 0.3) is 5.78 Å². The van der Waals surface area contributed by atoms with E-state index < -0.39 is 0 Å². The molecule has 1 unspecified atom stereocenters. The van der Waals surface area contributed by atoms with Crippen LogP contribution in [0.1, 0.15) is 32.9 Å². The molecule has 0 aliphatic rings. The first kappa shape index (κ1) is 13.7. The van der Waals surface area contributed by atoms with Crippen molar-refractivity contribution in [3.05, 3.63) is 18.1 Å². The van der Waals surface area contributed by atoms with Gasteiger partial charge in [0.05, 0.1) is 0 Å². The molecule has 0 spiro atoms. The number of nitrogens with one attached hydrogen (secondary N) is 1. The Morgan fingerprint density at radius 3 is 2.84 bits per heavy atom. The fraction of sp³-hybridized carbons (Fsp3) is 0.615. The van der Waals surface area contributed by atoms with Crippen LogP contribution in [0, 0.1) is 12.8 Å². The van der Waals surface area contributed by atoms with E-state index in [1.165, 1.54) is 6.33 Å². The third kappa shape index (κ3) is 3.01. The Morgan fingerprint density at radius 1 is 1.47 bits per heavy atom. The standard InChI is InChI=1S/C13H22N6/c1-9(2)6-13(4,7-14)18-11-5-10(3)17-12-15-8-16-19(11)12/h5,8-9,18H,6-7,14H2,1-4H3. The monoisotopic (exact) mass is 262 g/mol. The Balaban J connectivity index is 2.36. The van der Waals surface area contributed by atoms with E-state index in [4.69, 9.17) is 5.73 Å². The zero-order valence-electron chi connectivity index (χ0n) is 12.0. The molecule has 0 bridgehead atoms. The molecule has 6 heteroatoms. The topological polar surface area (TPSA) is 81.1 Å². The first-order chi connectivity index (χ1) is 8.93. The van der Waals surface area contributed by atoms with Gasteiger partial charge in [-0.3, -0.25) is 0 Å². The molecular formula is C13H22N6. The number of aryl methyl sites for hydroxylation is 1. The minimum Gasteiger partial charge on any atom is -0.363 e. The Kier molecular flexibility index (Phi) is 3.71. The zero-order valence-corrected chi connectivity index (χ0v) is 12.0. The molecule has 104 valence electrons. The van der Waals surface area contributed by atoms with E-state index in [9.17, 15) is 0 Å². The summed E-state index contributed by atoms with van der Waals surface area (Å²) in [6.07, 6.45) is 2.50. The molecule has 0 saturated heterocycles. The van der Waals surface area contributed by atoms with Crippen molar-refractivity contribution in [2.75, 3.05) is 11.9 Å². The fourth-order valence-corrected chi connectivity index (χ4v) is 2.42. The van der Waals surface area contributed by atoms with Crippen LogP contribution in [0.4, 0.5) is 5.82 Å². The summed E-state index contributed by atoms with van der Waals surface area (Å²) in [6.45, 7) is 9.02. The van der Waals surface area contributed by atoms with Crippen LogP contribution in [-0.2, 0) is 0 Å². The molecular weight excluding hydrogens is 240 g/mol. The number of aromatic nitrogens is 4. The SMILES string of the molecule is Cc1cc(NC(C)(CN)CC(C)C)n2ncnc2n1.